The molecule has 0 aromatic heterocycles. The summed E-state index contributed by atoms with van der Waals surface area (Å²) in [5.41, 5.74) is 19.2. The Morgan fingerprint density at radius 3 is 1.16 bits per heavy atom. The average molecular weight is 741 g/mol. The minimum atomic E-state index is -0.0478. The van der Waals surface area contributed by atoms with E-state index < -0.39 is 0 Å². The van der Waals surface area contributed by atoms with Crippen LogP contribution in [0.1, 0.15) is 52.7 Å². The van der Waals surface area contributed by atoms with Crippen molar-refractivity contribution in [3.63, 3.8) is 0 Å². The Kier molecular flexibility index (Phi) is 6.42. The van der Waals surface area contributed by atoms with Crippen LogP contribution < -0.4 is 0 Å². The number of hydrogen-bond acceptors (Lipinski definition) is 0. The summed E-state index contributed by atoms with van der Waals surface area (Å²) >= 11 is 0. The summed E-state index contributed by atoms with van der Waals surface area (Å²) in [5.74, 6) is 0. The highest BCUT2D eigenvalue weighted by Crippen LogP contribution is 2.51. The first-order valence-electron chi connectivity index (χ1n) is 21.5. The second-order valence-corrected chi connectivity index (χ2v) is 17.5. The Hall–Kier alpha value is -6.76. The Morgan fingerprint density at radius 1 is 0.310 bits per heavy atom. The third kappa shape index (κ3) is 4.63. The molecule has 0 heterocycles. The normalized spacial score (nSPS) is 15.0. The second-order valence-electron chi connectivity index (χ2n) is 17.5. The lowest BCUT2D eigenvalue weighted by Gasteiger charge is -2.21. The van der Waals surface area contributed by atoms with E-state index in [9.17, 15) is 0 Å². The molecular formula is C58H42. The van der Waals surface area contributed by atoms with Gasteiger partial charge in [0, 0.05) is 10.8 Å². The molecule has 2 aliphatic carbocycles. The molecule has 0 radical (unpaired) electrons. The number of hydrogen-bond donors (Lipinski definition) is 0. The van der Waals surface area contributed by atoms with Gasteiger partial charge >= 0.3 is 0 Å². The lowest BCUT2D eigenvalue weighted by molar-refractivity contribution is 0.660. The molecule has 12 rings (SSSR count). The van der Waals surface area contributed by atoms with Crippen molar-refractivity contribution in [2.75, 3.05) is 0 Å². The van der Waals surface area contributed by atoms with Gasteiger partial charge in [0.15, 0.2) is 0 Å². The molecule has 274 valence electrons. The summed E-state index contributed by atoms with van der Waals surface area (Å²) in [6.07, 6.45) is 0. The topological polar surface area (TPSA) is 0 Å². The molecule has 0 N–H and O–H groups in total. The lowest BCUT2D eigenvalue weighted by Crippen LogP contribution is -2.14. The third-order valence-corrected chi connectivity index (χ3v) is 13.7. The monoisotopic (exact) mass is 740 g/mol. The highest BCUT2D eigenvalue weighted by molar-refractivity contribution is 6.27. The molecule has 0 atom stereocenters. The van der Waals surface area contributed by atoms with Crippen molar-refractivity contribution in [2.24, 2.45) is 0 Å². The Morgan fingerprint density at radius 2 is 0.690 bits per heavy atom. The van der Waals surface area contributed by atoms with Crippen molar-refractivity contribution in [1.29, 1.82) is 0 Å². The molecule has 0 amide bonds. The SMILES string of the molecule is [2H]c1cc(-c2ccc3c(c2)-c2ccccc2C3(C)C)cc(-c2ccc3ccc4c(-c5cc([2H])cc(-c6ccc7c(c6)-c6ccccc6C7(C)C)c5)ccc5ccc2c3c54)c1. The zero-order valence-corrected chi connectivity index (χ0v) is 33.2. The van der Waals surface area contributed by atoms with Crippen molar-refractivity contribution in [2.45, 2.75) is 38.5 Å². The highest BCUT2D eigenvalue weighted by atomic mass is 14.4. The van der Waals surface area contributed by atoms with Gasteiger partial charge in [-0.1, -0.05) is 185 Å². The van der Waals surface area contributed by atoms with Crippen LogP contribution in [0.15, 0.2) is 182 Å². The molecule has 0 saturated heterocycles. The Bertz CT molecular complexity index is 3220. The predicted octanol–water partition coefficient (Wildman–Crippen LogP) is 15.9. The quantitative estimate of drug-likeness (QED) is 0.158. The lowest BCUT2D eigenvalue weighted by atomic mass is 9.82. The fourth-order valence-electron chi connectivity index (χ4n) is 10.7. The molecule has 0 spiro atoms. The molecule has 0 nitrogen and oxygen atoms in total. The van der Waals surface area contributed by atoms with E-state index in [1.54, 1.807) is 0 Å². The molecule has 0 heteroatoms. The van der Waals surface area contributed by atoms with Gasteiger partial charge in [0.2, 0.25) is 0 Å². The van der Waals surface area contributed by atoms with Crippen LogP contribution in [0.3, 0.4) is 0 Å². The van der Waals surface area contributed by atoms with Crippen LogP contribution >= 0.6 is 0 Å². The summed E-state index contributed by atoms with van der Waals surface area (Å²) in [4.78, 5) is 0. The minimum absolute atomic E-state index is 0.0478. The predicted molar refractivity (Wildman–Crippen MR) is 247 cm³/mol. The van der Waals surface area contributed by atoms with Gasteiger partial charge in [0.1, 0.15) is 0 Å². The van der Waals surface area contributed by atoms with E-state index in [-0.39, 0.29) is 10.8 Å². The summed E-state index contributed by atoms with van der Waals surface area (Å²) in [6, 6.07) is 62.8. The summed E-state index contributed by atoms with van der Waals surface area (Å²) in [5, 5.41) is 7.23. The maximum Gasteiger partial charge on any atom is 0.0623 e. The molecule has 0 aliphatic heterocycles. The van der Waals surface area contributed by atoms with Crippen molar-refractivity contribution < 1.29 is 2.74 Å². The zero-order valence-electron chi connectivity index (χ0n) is 35.2. The van der Waals surface area contributed by atoms with Gasteiger partial charge < -0.3 is 0 Å². The van der Waals surface area contributed by atoms with Crippen LogP contribution in [-0.2, 0) is 10.8 Å². The first kappa shape index (κ1) is 31.3. The Balaban J connectivity index is 0.979. The molecule has 0 unspecified atom stereocenters. The van der Waals surface area contributed by atoms with E-state index >= 15 is 0 Å². The maximum atomic E-state index is 9.01. The van der Waals surface area contributed by atoms with Crippen LogP contribution in [0, 0.1) is 0 Å². The Labute approximate surface area is 343 Å². The van der Waals surface area contributed by atoms with Gasteiger partial charge in [-0.2, -0.15) is 0 Å². The van der Waals surface area contributed by atoms with Crippen LogP contribution in [0.4, 0.5) is 0 Å². The van der Waals surface area contributed by atoms with E-state index in [0.717, 1.165) is 44.5 Å². The van der Waals surface area contributed by atoms with Gasteiger partial charge in [0.05, 0.1) is 2.74 Å². The molecular weight excluding hydrogens is 697 g/mol. The maximum absolute atomic E-state index is 9.01. The van der Waals surface area contributed by atoms with Crippen LogP contribution in [0.25, 0.3) is 99.1 Å². The molecule has 0 saturated carbocycles. The first-order chi connectivity index (χ1) is 29.0. The average Bonchev–Trinajstić information content (AvgIpc) is 3.63. The first-order valence-corrected chi connectivity index (χ1v) is 20.5. The van der Waals surface area contributed by atoms with E-state index in [1.165, 1.54) is 76.8 Å². The number of rotatable bonds is 4. The number of fused-ring (bicyclic) bond motifs is 6. The molecule has 10 aromatic carbocycles. The highest BCUT2D eigenvalue weighted by Gasteiger charge is 2.36. The third-order valence-electron chi connectivity index (χ3n) is 13.7. The second kappa shape index (κ2) is 11.9. The van der Waals surface area contributed by atoms with E-state index in [1.807, 2.05) is 24.3 Å². The molecule has 0 fully saturated rings. The van der Waals surface area contributed by atoms with Crippen LogP contribution in [0.2, 0.25) is 0 Å². The smallest absolute Gasteiger partial charge is 0.0619 e. The van der Waals surface area contributed by atoms with Gasteiger partial charge in [-0.3, -0.25) is 0 Å². The minimum Gasteiger partial charge on any atom is -0.0619 e. The molecule has 2 aliphatic rings. The van der Waals surface area contributed by atoms with Crippen molar-refractivity contribution in [1.82, 2.24) is 0 Å². The van der Waals surface area contributed by atoms with Gasteiger partial charge in [-0.15, -0.1) is 0 Å². The summed E-state index contributed by atoms with van der Waals surface area (Å²) < 4.78 is 18.0. The van der Waals surface area contributed by atoms with Crippen molar-refractivity contribution in [3.05, 3.63) is 204 Å². The van der Waals surface area contributed by atoms with Crippen LogP contribution in [0.5, 0.6) is 0 Å². The molecule has 0 bridgehead atoms. The van der Waals surface area contributed by atoms with Gasteiger partial charge in [-0.05, 0) is 146 Å². The van der Waals surface area contributed by atoms with Crippen LogP contribution in [-0.4, -0.2) is 0 Å². The molecule has 58 heavy (non-hydrogen) atoms. The van der Waals surface area contributed by atoms with Gasteiger partial charge in [0.25, 0.3) is 0 Å². The fraction of sp³-hybridized carbons (Fsp3) is 0.103. The number of benzene rings is 10. The largest absolute Gasteiger partial charge is 0.0623 e. The van der Waals surface area contributed by atoms with E-state index in [0.29, 0.717) is 12.1 Å². The van der Waals surface area contributed by atoms with Crippen molar-refractivity contribution in [3.8, 4) is 66.8 Å². The van der Waals surface area contributed by atoms with E-state index in [2.05, 4.69) is 173 Å². The summed E-state index contributed by atoms with van der Waals surface area (Å²) in [6.45, 7) is 9.26. The standard InChI is InChI=1S/C58H42/c1-57(2)51-17-7-5-15-45(51)49-33-39(23-29-53(49)57)37-11-9-13-41(31-37)43-25-19-35-22-28-48-44(26-20-36-21-27-47(43)55(35)56(36)48)42-14-10-12-38(32-42)40-24-30-54-50(34-40)46-16-6-8-18-52(46)58(54,3)4/h5-34H,1-4H3/i9D,10D. The molecule has 10 aromatic rings. The van der Waals surface area contributed by atoms with E-state index in [4.69, 9.17) is 2.74 Å². The van der Waals surface area contributed by atoms with Gasteiger partial charge in [-0.25, -0.2) is 0 Å². The zero-order chi connectivity index (χ0) is 40.7. The summed E-state index contributed by atoms with van der Waals surface area (Å²) in [7, 11) is 0. The fourth-order valence-corrected chi connectivity index (χ4v) is 10.7. The van der Waals surface area contributed by atoms with Crippen molar-refractivity contribution >= 4 is 32.3 Å².